The van der Waals surface area contributed by atoms with Gasteiger partial charge in [-0.1, -0.05) is 18.9 Å². The lowest BCUT2D eigenvalue weighted by Crippen LogP contribution is -2.45. The second-order valence-corrected chi connectivity index (χ2v) is 7.81. The molecule has 0 radical (unpaired) electrons. The Morgan fingerprint density at radius 2 is 1.83 bits per heavy atom. The van der Waals surface area contributed by atoms with E-state index in [0.717, 1.165) is 42.8 Å². The first kappa shape index (κ1) is 21.6. The number of methoxy groups -OCH3 is 3. The van der Waals surface area contributed by atoms with Crippen molar-refractivity contribution in [1.29, 1.82) is 0 Å². The van der Waals surface area contributed by atoms with Gasteiger partial charge in [0.2, 0.25) is 5.75 Å². The van der Waals surface area contributed by atoms with E-state index < -0.39 is 0 Å². The summed E-state index contributed by atoms with van der Waals surface area (Å²) >= 11 is 0. The van der Waals surface area contributed by atoms with E-state index in [-0.39, 0.29) is 0 Å². The first-order valence-electron chi connectivity index (χ1n) is 10.7. The lowest BCUT2D eigenvalue weighted by Gasteiger charge is -2.24. The van der Waals surface area contributed by atoms with Crippen LogP contribution in [0.1, 0.15) is 37.7 Å². The van der Waals surface area contributed by atoms with Crippen LogP contribution in [0.5, 0.6) is 17.2 Å². The number of hydrogen-bond acceptors (Lipinski definition) is 5. The number of guanidine groups is 1. The fourth-order valence-corrected chi connectivity index (χ4v) is 4.57. The van der Waals surface area contributed by atoms with E-state index >= 15 is 0 Å². The van der Waals surface area contributed by atoms with Crippen molar-refractivity contribution in [3.05, 3.63) is 17.7 Å². The Morgan fingerprint density at radius 3 is 2.48 bits per heavy atom. The highest BCUT2D eigenvalue weighted by molar-refractivity contribution is 5.80. The van der Waals surface area contributed by atoms with Crippen molar-refractivity contribution in [2.45, 2.75) is 50.6 Å². The average molecular weight is 405 g/mol. The quantitative estimate of drug-likeness (QED) is 0.512. The predicted molar refractivity (Wildman–Crippen MR) is 117 cm³/mol. The molecule has 2 fully saturated rings. The molecule has 0 aromatic heterocycles. The molecule has 1 saturated heterocycles. The summed E-state index contributed by atoms with van der Waals surface area (Å²) in [7, 11) is 6.75. The molecule has 1 aromatic carbocycles. The Hall–Kier alpha value is -2.15. The highest BCUT2D eigenvalue weighted by Crippen LogP contribution is 2.39. The highest BCUT2D eigenvalue weighted by atomic mass is 16.5. The Kier molecular flexibility index (Phi) is 7.86. The maximum absolute atomic E-state index is 5.58. The smallest absolute Gasteiger partial charge is 0.203 e. The molecule has 1 saturated carbocycles. The zero-order valence-corrected chi connectivity index (χ0v) is 18.3. The molecule has 162 valence electrons. The van der Waals surface area contributed by atoms with E-state index in [0.29, 0.717) is 17.5 Å². The number of rotatable bonds is 8. The van der Waals surface area contributed by atoms with Gasteiger partial charge < -0.3 is 24.8 Å². The van der Waals surface area contributed by atoms with E-state index in [1.165, 1.54) is 38.6 Å². The fraction of sp³-hybridized carbons (Fsp3) is 0.682. The van der Waals surface area contributed by atoms with E-state index in [4.69, 9.17) is 14.2 Å². The molecule has 1 unspecified atom stereocenters. The molecular weight excluding hydrogens is 368 g/mol. The van der Waals surface area contributed by atoms with Crippen LogP contribution in [0.15, 0.2) is 17.1 Å². The van der Waals surface area contributed by atoms with Gasteiger partial charge in [-0.3, -0.25) is 9.89 Å². The number of ether oxygens (including phenoxy) is 3. The Morgan fingerprint density at radius 1 is 1.07 bits per heavy atom. The van der Waals surface area contributed by atoms with Gasteiger partial charge in [0.25, 0.3) is 0 Å². The molecule has 1 heterocycles. The number of likely N-dealkylation sites (tertiary alicyclic amines) is 1. The van der Waals surface area contributed by atoms with Crippen LogP contribution in [0.25, 0.3) is 0 Å². The van der Waals surface area contributed by atoms with Crippen LogP contribution < -0.4 is 24.8 Å². The van der Waals surface area contributed by atoms with Crippen molar-refractivity contribution >= 4 is 5.96 Å². The van der Waals surface area contributed by atoms with E-state index in [2.05, 4.69) is 20.5 Å². The minimum atomic E-state index is 0.470. The minimum Gasteiger partial charge on any atom is -0.493 e. The van der Waals surface area contributed by atoms with Crippen molar-refractivity contribution in [3.63, 3.8) is 0 Å². The number of benzene rings is 1. The molecule has 1 aliphatic carbocycles. The second-order valence-electron chi connectivity index (χ2n) is 7.81. The predicted octanol–water partition coefficient (Wildman–Crippen LogP) is 2.44. The van der Waals surface area contributed by atoms with Gasteiger partial charge in [0.1, 0.15) is 0 Å². The van der Waals surface area contributed by atoms with Gasteiger partial charge in [-0.05, 0) is 31.7 Å². The summed E-state index contributed by atoms with van der Waals surface area (Å²) in [6, 6.07) is 5.21. The number of aliphatic imine (C=N–C) groups is 1. The summed E-state index contributed by atoms with van der Waals surface area (Å²) in [6.07, 6.45) is 7.49. The molecule has 1 atom stereocenters. The van der Waals surface area contributed by atoms with Crippen LogP contribution in [0.4, 0.5) is 0 Å². The van der Waals surface area contributed by atoms with Crippen LogP contribution in [0.3, 0.4) is 0 Å². The summed E-state index contributed by atoms with van der Waals surface area (Å²) in [5.41, 5.74) is 1.07. The zero-order chi connectivity index (χ0) is 20.6. The van der Waals surface area contributed by atoms with E-state index in [9.17, 15) is 0 Å². The molecule has 7 nitrogen and oxygen atoms in total. The third kappa shape index (κ3) is 5.26. The van der Waals surface area contributed by atoms with Gasteiger partial charge in [0.05, 0.1) is 21.3 Å². The zero-order valence-electron chi connectivity index (χ0n) is 18.3. The normalized spacial score (nSPS) is 20.7. The molecular formula is C22H36N4O3. The maximum Gasteiger partial charge on any atom is 0.203 e. The summed E-state index contributed by atoms with van der Waals surface area (Å²) in [6.45, 7) is 3.07. The fourth-order valence-electron chi connectivity index (χ4n) is 4.57. The third-order valence-corrected chi connectivity index (χ3v) is 6.10. The molecule has 2 aliphatic rings. The Bertz CT molecular complexity index is 689. The first-order chi connectivity index (χ1) is 14.2. The lowest BCUT2D eigenvalue weighted by atomic mass is 10.1. The number of nitrogens with one attached hydrogen (secondary N) is 2. The molecule has 1 aliphatic heterocycles. The van der Waals surface area contributed by atoms with Crippen LogP contribution in [-0.4, -0.2) is 71.0 Å². The van der Waals surface area contributed by atoms with Gasteiger partial charge in [0, 0.05) is 44.3 Å². The van der Waals surface area contributed by atoms with Crippen molar-refractivity contribution in [2.24, 2.45) is 4.99 Å². The molecule has 0 spiro atoms. The summed E-state index contributed by atoms with van der Waals surface area (Å²) < 4.78 is 16.4. The van der Waals surface area contributed by atoms with Crippen molar-refractivity contribution < 1.29 is 14.2 Å². The monoisotopic (exact) mass is 404 g/mol. The molecule has 1 aromatic rings. The van der Waals surface area contributed by atoms with Crippen LogP contribution in [0, 0.1) is 0 Å². The third-order valence-electron chi connectivity index (χ3n) is 6.10. The van der Waals surface area contributed by atoms with Crippen LogP contribution in [0.2, 0.25) is 0 Å². The molecule has 29 heavy (non-hydrogen) atoms. The average Bonchev–Trinajstić information content (AvgIpc) is 3.44. The van der Waals surface area contributed by atoms with Gasteiger partial charge >= 0.3 is 0 Å². The minimum absolute atomic E-state index is 0.470. The molecule has 7 heteroatoms. The Labute approximate surface area is 174 Å². The van der Waals surface area contributed by atoms with Gasteiger partial charge in [-0.25, -0.2) is 0 Å². The van der Waals surface area contributed by atoms with Crippen molar-refractivity contribution in [3.8, 4) is 17.2 Å². The largest absolute Gasteiger partial charge is 0.493 e. The second kappa shape index (κ2) is 10.6. The number of hydrogen-bond donors (Lipinski definition) is 2. The number of nitrogens with zero attached hydrogens (tertiary/aromatic N) is 2. The van der Waals surface area contributed by atoms with Gasteiger partial charge in [-0.15, -0.1) is 0 Å². The summed E-state index contributed by atoms with van der Waals surface area (Å²) in [5, 5.41) is 7.04. The van der Waals surface area contributed by atoms with Crippen LogP contribution in [-0.2, 0) is 6.42 Å². The van der Waals surface area contributed by atoms with E-state index in [1.807, 2.05) is 19.2 Å². The standard InChI is InChI=1S/C22H36N4O3/c1-23-22(25-17-12-14-26(15-17)18-7-5-6-8-18)24-13-11-16-9-10-19(27-2)21(29-4)20(16)28-3/h9-10,17-18H,5-8,11-15H2,1-4H3,(H2,23,24,25). The molecule has 0 amide bonds. The van der Waals surface area contributed by atoms with Crippen molar-refractivity contribution in [1.82, 2.24) is 15.5 Å². The first-order valence-corrected chi connectivity index (χ1v) is 10.7. The van der Waals surface area contributed by atoms with Gasteiger partial charge in [0.15, 0.2) is 17.5 Å². The SMILES string of the molecule is CN=C(NCCc1ccc(OC)c(OC)c1OC)NC1CCN(C2CCCC2)C1. The summed E-state index contributed by atoms with van der Waals surface area (Å²) in [5.74, 6) is 2.89. The Balaban J connectivity index is 1.50. The molecule has 2 N–H and O–H groups in total. The topological polar surface area (TPSA) is 67.4 Å². The van der Waals surface area contributed by atoms with Gasteiger partial charge in [-0.2, -0.15) is 0 Å². The van der Waals surface area contributed by atoms with E-state index in [1.54, 1.807) is 21.3 Å². The molecule has 3 rings (SSSR count). The summed E-state index contributed by atoms with van der Waals surface area (Å²) in [4.78, 5) is 7.07. The maximum atomic E-state index is 5.58. The highest BCUT2D eigenvalue weighted by Gasteiger charge is 2.30. The van der Waals surface area contributed by atoms with Crippen molar-refractivity contribution in [2.75, 3.05) is 48.0 Å². The van der Waals surface area contributed by atoms with Crippen LogP contribution >= 0.6 is 0 Å². The molecule has 0 bridgehead atoms. The lowest BCUT2D eigenvalue weighted by molar-refractivity contribution is 0.242.